The molecule has 1 aliphatic rings. The summed E-state index contributed by atoms with van der Waals surface area (Å²) < 4.78 is 0. The lowest BCUT2D eigenvalue weighted by molar-refractivity contribution is -0.385. The minimum atomic E-state index is -0.838. The molecule has 124 valence electrons. The molecule has 1 saturated heterocycles. The number of anilines is 1. The summed E-state index contributed by atoms with van der Waals surface area (Å²) in [6.45, 7) is 4.13. The van der Waals surface area contributed by atoms with Crippen molar-refractivity contribution in [3.05, 3.63) is 33.4 Å². The number of hydrogen-bond acceptors (Lipinski definition) is 4. The van der Waals surface area contributed by atoms with Crippen LogP contribution in [-0.2, 0) is 4.79 Å². The molecule has 0 aliphatic carbocycles. The van der Waals surface area contributed by atoms with Gasteiger partial charge in [0, 0.05) is 24.7 Å². The van der Waals surface area contributed by atoms with Crippen LogP contribution < -0.4 is 5.32 Å². The number of benzene rings is 1. The van der Waals surface area contributed by atoms with E-state index in [0.717, 1.165) is 5.56 Å². The minimum absolute atomic E-state index is 0.0458. The number of carbonyl (C=O) groups excluding carboxylic acids is 1. The maximum absolute atomic E-state index is 12.3. The van der Waals surface area contributed by atoms with E-state index in [-0.39, 0.29) is 11.7 Å². The predicted molar refractivity (Wildman–Crippen MR) is 83.5 cm³/mol. The van der Waals surface area contributed by atoms with Crippen LogP contribution >= 0.6 is 0 Å². The van der Waals surface area contributed by atoms with Crippen molar-refractivity contribution < 1.29 is 19.6 Å². The highest BCUT2D eigenvalue weighted by molar-refractivity contribution is 5.91. The van der Waals surface area contributed by atoms with Crippen LogP contribution in [0.1, 0.15) is 24.0 Å². The summed E-state index contributed by atoms with van der Waals surface area (Å²) in [5.74, 6) is -1.25. The third kappa shape index (κ3) is 3.77. The number of amides is 2. The van der Waals surface area contributed by atoms with Gasteiger partial charge in [0.05, 0.1) is 16.5 Å². The van der Waals surface area contributed by atoms with Crippen LogP contribution in [0.25, 0.3) is 0 Å². The molecule has 0 radical (unpaired) electrons. The normalized spacial score (nSPS) is 15.3. The van der Waals surface area contributed by atoms with Crippen molar-refractivity contribution in [1.82, 2.24) is 4.90 Å². The van der Waals surface area contributed by atoms with Crippen LogP contribution in [0.3, 0.4) is 0 Å². The second kappa shape index (κ2) is 6.64. The van der Waals surface area contributed by atoms with Crippen LogP contribution in [-0.4, -0.2) is 40.0 Å². The van der Waals surface area contributed by atoms with E-state index in [0.29, 0.717) is 37.2 Å². The maximum Gasteiger partial charge on any atom is 0.321 e. The number of nitrogens with zero attached hydrogens (tertiary/aromatic N) is 2. The molecule has 8 heteroatoms. The first-order valence-corrected chi connectivity index (χ1v) is 7.34. The van der Waals surface area contributed by atoms with E-state index in [1.54, 1.807) is 19.9 Å². The number of nitro benzene ring substituents is 1. The zero-order valence-corrected chi connectivity index (χ0v) is 13.0. The summed E-state index contributed by atoms with van der Waals surface area (Å²) in [4.78, 5) is 35.2. The lowest BCUT2D eigenvalue weighted by Crippen LogP contribution is -2.42. The molecule has 1 fully saturated rings. The van der Waals surface area contributed by atoms with Gasteiger partial charge in [-0.3, -0.25) is 14.9 Å². The van der Waals surface area contributed by atoms with Gasteiger partial charge in [-0.25, -0.2) is 4.79 Å². The largest absolute Gasteiger partial charge is 0.481 e. The highest BCUT2D eigenvalue weighted by atomic mass is 16.6. The number of aryl methyl sites for hydroxylation is 2. The van der Waals surface area contributed by atoms with Crippen molar-refractivity contribution in [3.8, 4) is 0 Å². The Bertz CT molecular complexity index is 651. The number of piperidine rings is 1. The highest BCUT2D eigenvalue weighted by Crippen LogP contribution is 2.27. The zero-order chi connectivity index (χ0) is 17.1. The third-order valence-electron chi connectivity index (χ3n) is 4.11. The molecule has 23 heavy (non-hydrogen) atoms. The number of nitrogens with one attached hydrogen (secondary N) is 1. The smallest absolute Gasteiger partial charge is 0.321 e. The molecule has 1 aromatic rings. The molecular formula is C15H19N3O5. The molecule has 0 aromatic heterocycles. The standard InChI is InChI=1S/C15H19N3O5/c1-9-7-10(2)13(18(22)23)8-12(9)16-15(21)17-5-3-11(4-6-17)14(19)20/h7-8,11H,3-6H2,1-2H3,(H,16,21)(H,19,20). The van der Waals surface area contributed by atoms with Crippen molar-refractivity contribution in [2.45, 2.75) is 26.7 Å². The summed E-state index contributed by atoms with van der Waals surface area (Å²) in [7, 11) is 0. The van der Waals surface area contributed by atoms with Gasteiger partial charge in [0.15, 0.2) is 0 Å². The van der Waals surface area contributed by atoms with Gasteiger partial charge >= 0.3 is 12.0 Å². The van der Waals surface area contributed by atoms with Gasteiger partial charge in [-0.05, 0) is 38.3 Å². The van der Waals surface area contributed by atoms with Gasteiger partial charge in [0.1, 0.15) is 0 Å². The van der Waals surface area contributed by atoms with E-state index in [4.69, 9.17) is 5.11 Å². The molecule has 0 saturated carbocycles. The Balaban J connectivity index is 2.08. The SMILES string of the molecule is Cc1cc(C)c([N+](=O)[O-])cc1NC(=O)N1CCC(C(=O)O)CC1. The van der Waals surface area contributed by atoms with E-state index in [2.05, 4.69) is 5.32 Å². The van der Waals surface area contributed by atoms with Gasteiger partial charge in [-0.2, -0.15) is 0 Å². The Hall–Kier alpha value is -2.64. The summed E-state index contributed by atoms with van der Waals surface area (Å²) in [5.41, 5.74) is 1.62. The summed E-state index contributed by atoms with van der Waals surface area (Å²) in [5, 5.41) is 22.6. The van der Waals surface area contributed by atoms with Gasteiger partial charge in [0.2, 0.25) is 0 Å². The third-order valence-corrected chi connectivity index (χ3v) is 4.11. The summed E-state index contributed by atoms with van der Waals surface area (Å²) in [6.07, 6.45) is 0.825. The van der Waals surface area contributed by atoms with Crippen molar-refractivity contribution in [3.63, 3.8) is 0 Å². The molecule has 0 unspecified atom stereocenters. The highest BCUT2D eigenvalue weighted by Gasteiger charge is 2.27. The molecule has 0 spiro atoms. The fourth-order valence-electron chi connectivity index (χ4n) is 2.70. The lowest BCUT2D eigenvalue weighted by Gasteiger charge is -2.30. The van der Waals surface area contributed by atoms with Crippen LogP contribution in [0.4, 0.5) is 16.2 Å². The van der Waals surface area contributed by atoms with E-state index in [9.17, 15) is 19.7 Å². The van der Waals surface area contributed by atoms with Crippen LogP contribution in [0.15, 0.2) is 12.1 Å². The topological polar surface area (TPSA) is 113 Å². The summed E-state index contributed by atoms with van der Waals surface area (Å²) >= 11 is 0. The number of carbonyl (C=O) groups is 2. The molecule has 0 atom stereocenters. The molecule has 0 bridgehead atoms. The van der Waals surface area contributed by atoms with Gasteiger partial charge < -0.3 is 15.3 Å². The second-order valence-electron chi connectivity index (χ2n) is 5.74. The average Bonchev–Trinajstić information content (AvgIpc) is 2.49. The van der Waals surface area contributed by atoms with E-state index >= 15 is 0 Å². The molecule has 2 amide bonds. The zero-order valence-electron chi connectivity index (χ0n) is 13.0. The number of likely N-dealkylation sites (tertiary alicyclic amines) is 1. The quantitative estimate of drug-likeness (QED) is 0.656. The van der Waals surface area contributed by atoms with E-state index in [1.807, 2.05) is 0 Å². The number of nitro groups is 1. The van der Waals surface area contributed by atoms with Crippen LogP contribution in [0.2, 0.25) is 0 Å². The van der Waals surface area contributed by atoms with Gasteiger partial charge in [-0.1, -0.05) is 0 Å². The number of aliphatic carboxylic acids is 1. The molecule has 1 heterocycles. The number of urea groups is 1. The van der Waals surface area contributed by atoms with Gasteiger partial charge in [-0.15, -0.1) is 0 Å². The number of rotatable bonds is 3. The minimum Gasteiger partial charge on any atom is -0.481 e. The van der Waals surface area contributed by atoms with E-state index < -0.39 is 16.8 Å². The lowest BCUT2D eigenvalue weighted by atomic mass is 9.97. The average molecular weight is 321 g/mol. The Morgan fingerprint density at radius 2 is 1.87 bits per heavy atom. The first-order chi connectivity index (χ1) is 10.8. The second-order valence-corrected chi connectivity index (χ2v) is 5.74. The first kappa shape index (κ1) is 16.7. The molecule has 2 rings (SSSR count). The molecule has 8 nitrogen and oxygen atoms in total. The molecule has 1 aromatic carbocycles. The number of hydrogen-bond donors (Lipinski definition) is 2. The molecule has 2 N–H and O–H groups in total. The first-order valence-electron chi connectivity index (χ1n) is 7.34. The van der Waals surface area contributed by atoms with Crippen molar-refractivity contribution in [1.29, 1.82) is 0 Å². The fourth-order valence-corrected chi connectivity index (χ4v) is 2.70. The van der Waals surface area contributed by atoms with Crippen molar-refractivity contribution >= 4 is 23.4 Å². The van der Waals surface area contributed by atoms with Crippen LogP contribution in [0, 0.1) is 29.9 Å². The Labute approximate surface area is 133 Å². The monoisotopic (exact) mass is 321 g/mol. The molecular weight excluding hydrogens is 302 g/mol. The van der Waals surface area contributed by atoms with Crippen molar-refractivity contribution in [2.24, 2.45) is 5.92 Å². The van der Waals surface area contributed by atoms with Crippen molar-refractivity contribution in [2.75, 3.05) is 18.4 Å². The van der Waals surface area contributed by atoms with Crippen LogP contribution in [0.5, 0.6) is 0 Å². The Kier molecular flexibility index (Phi) is 4.83. The fraction of sp³-hybridized carbons (Fsp3) is 0.467. The summed E-state index contributed by atoms with van der Waals surface area (Å²) in [6, 6.07) is 2.65. The van der Waals surface area contributed by atoms with Gasteiger partial charge in [0.25, 0.3) is 5.69 Å². The Morgan fingerprint density at radius 1 is 1.26 bits per heavy atom. The Morgan fingerprint density at radius 3 is 2.39 bits per heavy atom. The maximum atomic E-state index is 12.3. The number of carboxylic acid groups (broad SMARTS) is 1. The predicted octanol–water partition coefficient (Wildman–Crippen LogP) is 2.54. The van der Waals surface area contributed by atoms with E-state index in [1.165, 1.54) is 11.0 Å². The molecule has 1 aliphatic heterocycles. The number of carboxylic acids is 1.